The number of aromatic hydroxyl groups is 1. The smallest absolute Gasteiger partial charge is 0.320 e. The first-order valence-corrected chi connectivity index (χ1v) is 7.31. The standard InChI is InChI=1S/C16H14F2N4O/c17-16(18)22-13(10-7-19-8-10)6-9-5-12(20-21-15(9)22)11-3-1-2-4-14(11)23/h1-6,10,16,19,23H,7-8H2. The van der Waals surface area contributed by atoms with Gasteiger partial charge in [0.2, 0.25) is 0 Å². The summed E-state index contributed by atoms with van der Waals surface area (Å²) in [5, 5.41) is 21.6. The van der Waals surface area contributed by atoms with E-state index in [9.17, 15) is 13.9 Å². The number of fused-ring (bicyclic) bond motifs is 1. The van der Waals surface area contributed by atoms with Gasteiger partial charge in [-0.1, -0.05) is 12.1 Å². The Morgan fingerprint density at radius 2 is 1.96 bits per heavy atom. The van der Waals surface area contributed by atoms with Gasteiger partial charge in [0, 0.05) is 35.7 Å². The maximum Gasteiger partial charge on any atom is 0.320 e. The van der Waals surface area contributed by atoms with Gasteiger partial charge in [0.15, 0.2) is 5.65 Å². The molecule has 5 nitrogen and oxygen atoms in total. The van der Waals surface area contributed by atoms with E-state index in [2.05, 4.69) is 15.5 Å². The molecule has 1 aliphatic rings. The van der Waals surface area contributed by atoms with Crippen LogP contribution >= 0.6 is 0 Å². The van der Waals surface area contributed by atoms with Crippen molar-refractivity contribution in [1.29, 1.82) is 0 Å². The zero-order valence-electron chi connectivity index (χ0n) is 12.1. The number of phenolic OH excluding ortho intramolecular Hbond substituents is 1. The Kier molecular flexibility index (Phi) is 3.23. The summed E-state index contributed by atoms with van der Waals surface area (Å²) in [4.78, 5) is 0. The number of halogens is 2. The highest BCUT2D eigenvalue weighted by Crippen LogP contribution is 2.33. The van der Waals surface area contributed by atoms with E-state index in [1.807, 2.05) is 0 Å². The zero-order chi connectivity index (χ0) is 16.0. The lowest BCUT2D eigenvalue weighted by Crippen LogP contribution is -2.41. The Balaban J connectivity index is 1.88. The second-order valence-corrected chi connectivity index (χ2v) is 5.60. The maximum absolute atomic E-state index is 13.4. The van der Waals surface area contributed by atoms with Crippen molar-refractivity contribution in [3.05, 3.63) is 42.1 Å². The molecular formula is C16H14F2N4O. The molecule has 2 N–H and O–H groups in total. The summed E-state index contributed by atoms with van der Waals surface area (Å²) in [5.41, 5.74) is 1.72. The van der Waals surface area contributed by atoms with E-state index < -0.39 is 6.55 Å². The topological polar surface area (TPSA) is 63.0 Å². The Labute approximate surface area is 130 Å². The second kappa shape index (κ2) is 5.27. The molecule has 0 aliphatic carbocycles. The lowest BCUT2D eigenvalue weighted by atomic mass is 9.99. The summed E-state index contributed by atoms with van der Waals surface area (Å²) < 4.78 is 27.8. The fourth-order valence-corrected chi connectivity index (χ4v) is 2.88. The quantitative estimate of drug-likeness (QED) is 0.780. The van der Waals surface area contributed by atoms with E-state index in [-0.39, 0.29) is 17.3 Å². The summed E-state index contributed by atoms with van der Waals surface area (Å²) >= 11 is 0. The van der Waals surface area contributed by atoms with Gasteiger partial charge in [-0.15, -0.1) is 10.2 Å². The molecule has 0 bridgehead atoms. The number of phenols is 1. The fraction of sp³-hybridized carbons (Fsp3) is 0.250. The molecule has 23 heavy (non-hydrogen) atoms. The number of hydrogen-bond acceptors (Lipinski definition) is 4. The third-order valence-corrected chi connectivity index (χ3v) is 4.19. The van der Waals surface area contributed by atoms with E-state index in [1.54, 1.807) is 36.4 Å². The molecule has 0 saturated carbocycles. The maximum atomic E-state index is 13.4. The van der Waals surface area contributed by atoms with Gasteiger partial charge in [0.1, 0.15) is 5.75 Å². The number of nitrogens with one attached hydrogen (secondary N) is 1. The highest BCUT2D eigenvalue weighted by molar-refractivity contribution is 5.82. The first-order valence-electron chi connectivity index (χ1n) is 7.31. The fourth-order valence-electron chi connectivity index (χ4n) is 2.88. The van der Waals surface area contributed by atoms with Crippen LogP contribution in [0.3, 0.4) is 0 Å². The van der Waals surface area contributed by atoms with Crippen LogP contribution in [0.25, 0.3) is 22.3 Å². The molecule has 0 spiro atoms. The summed E-state index contributed by atoms with van der Waals surface area (Å²) in [5.74, 6) is 0.143. The van der Waals surface area contributed by atoms with Crippen molar-refractivity contribution in [1.82, 2.24) is 20.1 Å². The van der Waals surface area contributed by atoms with Crippen molar-refractivity contribution in [2.75, 3.05) is 13.1 Å². The molecule has 4 rings (SSSR count). The van der Waals surface area contributed by atoms with Crippen LogP contribution in [-0.4, -0.2) is 33.0 Å². The Morgan fingerprint density at radius 1 is 1.17 bits per heavy atom. The van der Waals surface area contributed by atoms with Gasteiger partial charge in [-0.2, -0.15) is 8.78 Å². The molecule has 7 heteroatoms. The lowest BCUT2D eigenvalue weighted by Gasteiger charge is -2.28. The predicted octanol–water partition coefficient (Wildman–Crippen LogP) is 2.89. The number of para-hydroxylation sites is 1. The minimum Gasteiger partial charge on any atom is -0.507 e. The van der Waals surface area contributed by atoms with Crippen LogP contribution in [0.1, 0.15) is 18.2 Å². The monoisotopic (exact) mass is 316 g/mol. The number of rotatable bonds is 3. The molecule has 3 heterocycles. The molecular weight excluding hydrogens is 302 g/mol. The lowest BCUT2D eigenvalue weighted by molar-refractivity contribution is 0.0694. The summed E-state index contributed by atoms with van der Waals surface area (Å²) in [6, 6.07) is 10.2. The molecule has 0 radical (unpaired) electrons. The SMILES string of the molecule is Oc1ccccc1-c1cc2cc(C3CNC3)n(C(F)F)c2nn1. The molecule has 0 amide bonds. The van der Waals surface area contributed by atoms with Crippen LogP contribution in [0.15, 0.2) is 36.4 Å². The van der Waals surface area contributed by atoms with Crippen molar-refractivity contribution in [2.24, 2.45) is 0 Å². The Hall–Kier alpha value is -2.54. The van der Waals surface area contributed by atoms with E-state index in [0.717, 1.165) is 4.57 Å². The predicted molar refractivity (Wildman–Crippen MR) is 81.5 cm³/mol. The first-order chi connectivity index (χ1) is 11.1. The van der Waals surface area contributed by atoms with E-state index in [1.165, 1.54) is 0 Å². The van der Waals surface area contributed by atoms with Crippen LogP contribution in [0.2, 0.25) is 0 Å². The largest absolute Gasteiger partial charge is 0.507 e. The van der Waals surface area contributed by atoms with Crippen LogP contribution in [0.5, 0.6) is 5.75 Å². The summed E-state index contributed by atoms with van der Waals surface area (Å²) in [6.07, 6.45) is 0. The molecule has 118 valence electrons. The van der Waals surface area contributed by atoms with Crippen LogP contribution < -0.4 is 5.32 Å². The van der Waals surface area contributed by atoms with Crippen molar-refractivity contribution in [2.45, 2.75) is 12.5 Å². The Bertz CT molecular complexity index is 874. The zero-order valence-corrected chi connectivity index (χ0v) is 12.1. The highest BCUT2D eigenvalue weighted by Gasteiger charge is 2.27. The molecule has 0 unspecified atom stereocenters. The van der Waals surface area contributed by atoms with Crippen molar-refractivity contribution in [3.8, 4) is 17.0 Å². The van der Waals surface area contributed by atoms with Gasteiger partial charge in [-0.05, 0) is 24.3 Å². The average Bonchev–Trinajstić information content (AvgIpc) is 2.83. The van der Waals surface area contributed by atoms with Gasteiger partial charge in [0.25, 0.3) is 0 Å². The number of benzene rings is 1. The molecule has 1 saturated heterocycles. The van der Waals surface area contributed by atoms with E-state index in [0.29, 0.717) is 35.4 Å². The van der Waals surface area contributed by atoms with Gasteiger partial charge in [-0.3, -0.25) is 4.57 Å². The van der Waals surface area contributed by atoms with E-state index >= 15 is 0 Å². The number of nitrogens with zero attached hydrogens (tertiary/aromatic N) is 3. The van der Waals surface area contributed by atoms with Crippen molar-refractivity contribution < 1.29 is 13.9 Å². The van der Waals surface area contributed by atoms with Gasteiger partial charge < -0.3 is 10.4 Å². The van der Waals surface area contributed by atoms with E-state index in [4.69, 9.17) is 0 Å². The molecule has 1 aliphatic heterocycles. The molecule has 1 aromatic carbocycles. The van der Waals surface area contributed by atoms with Gasteiger partial charge >= 0.3 is 6.55 Å². The van der Waals surface area contributed by atoms with Crippen molar-refractivity contribution in [3.63, 3.8) is 0 Å². The normalized spacial score (nSPS) is 15.3. The number of hydrogen-bond donors (Lipinski definition) is 2. The minimum atomic E-state index is -2.66. The minimum absolute atomic E-state index is 0.0618. The van der Waals surface area contributed by atoms with Crippen LogP contribution in [-0.2, 0) is 0 Å². The van der Waals surface area contributed by atoms with Gasteiger partial charge in [0.05, 0.1) is 5.69 Å². The number of aromatic nitrogens is 3. The summed E-state index contributed by atoms with van der Waals surface area (Å²) in [7, 11) is 0. The Morgan fingerprint density at radius 3 is 2.61 bits per heavy atom. The van der Waals surface area contributed by atoms with Crippen LogP contribution in [0, 0.1) is 0 Å². The first kappa shape index (κ1) is 14.1. The molecule has 3 aromatic rings. The second-order valence-electron chi connectivity index (χ2n) is 5.60. The highest BCUT2D eigenvalue weighted by atomic mass is 19.3. The van der Waals surface area contributed by atoms with Crippen molar-refractivity contribution >= 4 is 11.0 Å². The summed E-state index contributed by atoms with van der Waals surface area (Å²) in [6.45, 7) is -1.29. The van der Waals surface area contributed by atoms with Gasteiger partial charge in [-0.25, -0.2) is 0 Å². The third kappa shape index (κ3) is 2.24. The number of alkyl halides is 2. The molecule has 2 aromatic heterocycles. The van der Waals surface area contributed by atoms with Crippen LogP contribution in [0.4, 0.5) is 8.78 Å². The average molecular weight is 316 g/mol. The third-order valence-electron chi connectivity index (χ3n) is 4.19. The molecule has 0 atom stereocenters. The molecule has 1 fully saturated rings.